The molecule has 7 nitrogen and oxygen atoms in total. The van der Waals surface area contributed by atoms with E-state index >= 15 is 0 Å². The van der Waals surface area contributed by atoms with Crippen LogP contribution in [0.2, 0.25) is 0 Å². The Bertz CT molecular complexity index is 1050. The number of anilines is 1. The molecule has 0 bridgehead atoms. The molecule has 1 saturated heterocycles. The van der Waals surface area contributed by atoms with E-state index in [0.717, 1.165) is 34.5 Å². The smallest absolute Gasteiger partial charge is 0.251 e. The van der Waals surface area contributed by atoms with Crippen molar-refractivity contribution in [2.45, 2.75) is 18.9 Å². The Morgan fingerprint density at radius 2 is 2.18 bits per heavy atom. The normalized spacial score (nSPS) is 19.4. The maximum absolute atomic E-state index is 13.3. The third-order valence-electron chi connectivity index (χ3n) is 5.11. The van der Waals surface area contributed by atoms with Gasteiger partial charge in [0.2, 0.25) is 0 Å². The fourth-order valence-corrected chi connectivity index (χ4v) is 3.55. The van der Waals surface area contributed by atoms with Gasteiger partial charge in [-0.15, -0.1) is 0 Å². The highest BCUT2D eigenvalue weighted by Crippen LogP contribution is 2.30. The minimum absolute atomic E-state index is 0.0535. The lowest BCUT2D eigenvalue weighted by Crippen LogP contribution is -2.52. The molecule has 1 atom stereocenters. The Morgan fingerprint density at radius 3 is 2.96 bits per heavy atom. The Hall–Kier alpha value is -3.07. The Kier molecular flexibility index (Phi) is 4.46. The van der Waals surface area contributed by atoms with Gasteiger partial charge in [0.05, 0.1) is 10.9 Å². The number of carbonyl (C=O) groups excluding carboxylic acids is 1. The summed E-state index contributed by atoms with van der Waals surface area (Å²) in [6.07, 6.45) is 4.05. The molecular formula is C19H20F2N6O. The summed E-state index contributed by atoms with van der Waals surface area (Å²) < 4.78 is 26.4. The van der Waals surface area contributed by atoms with Gasteiger partial charge in [-0.05, 0) is 37.1 Å². The molecule has 28 heavy (non-hydrogen) atoms. The first-order valence-corrected chi connectivity index (χ1v) is 8.92. The van der Waals surface area contributed by atoms with Crippen LogP contribution in [0.3, 0.4) is 0 Å². The van der Waals surface area contributed by atoms with Crippen molar-refractivity contribution in [2.75, 3.05) is 24.5 Å². The molecule has 1 amide bonds. The molecule has 3 heterocycles. The number of aromatic nitrogens is 3. The molecule has 2 aromatic heterocycles. The van der Waals surface area contributed by atoms with Crippen LogP contribution in [0.1, 0.15) is 22.3 Å². The molecule has 3 aromatic rings. The second kappa shape index (κ2) is 6.83. The van der Waals surface area contributed by atoms with E-state index in [-0.39, 0.29) is 12.1 Å². The number of halogens is 2. The summed E-state index contributed by atoms with van der Waals surface area (Å²) in [5.41, 5.74) is 7.69. The first-order chi connectivity index (χ1) is 13.4. The molecule has 0 saturated carbocycles. The van der Waals surface area contributed by atoms with E-state index in [0.29, 0.717) is 19.5 Å². The van der Waals surface area contributed by atoms with Crippen LogP contribution in [0.4, 0.5) is 14.6 Å². The van der Waals surface area contributed by atoms with Crippen LogP contribution in [0.25, 0.3) is 11.0 Å². The Balaban J connectivity index is 1.46. The summed E-state index contributed by atoms with van der Waals surface area (Å²) in [4.78, 5) is 26.1. The number of hydrogen-bond donors (Lipinski definition) is 3. The highest BCUT2D eigenvalue weighted by atomic mass is 19.2. The lowest BCUT2D eigenvalue weighted by molar-refractivity contribution is 0.0944. The first-order valence-electron chi connectivity index (χ1n) is 8.92. The van der Waals surface area contributed by atoms with Crippen molar-refractivity contribution in [3.8, 4) is 0 Å². The molecule has 1 aromatic carbocycles. The maximum Gasteiger partial charge on any atom is 0.251 e. The van der Waals surface area contributed by atoms with Crippen LogP contribution in [0.15, 0.2) is 30.7 Å². The molecule has 146 valence electrons. The number of nitrogens with one attached hydrogen (secondary N) is 2. The van der Waals surface area contributed by atoms with Crippen molar-refractivity contribution in [3.63, 3.8) is 0 Å². The van der Waals surface area contributed by atoms with Crippen LogP contribution in [0, 0.1) is 18.6 Å². The van der Waals surface area contributed by atoms with Gasteiger partial charge < -0.3 is 20.9 Å². The number of aromatic amines is 1. The largest absolute Gasteiger partial charge is 0.354 e. The van der Waals surface area contributed by atoms with Crippen LogP contribution in [-0.4, -0.2) is 46.0 Å². The van der Waals surface area contributed by atoms with E-state index < -0.39 is 23.1 Å². The lowest BCUT2D eigenvalue weighted by atomic mass is 10.00. The van der Waals surface area contributed by atoms with Crippen LogP contribution in [0.5, 0.6) is 0 Å². The zero-order valence-corrected chi connectivity index (χ0v) is 15.3. The van der Waals surface area contributed by atoms with E-state index in [4.69, 9.17) is 5.73 Å². The number of fused-ring (bicyclic) bond motifs is 1. The third-order valence-corrected chi connectivity index (χ3v) is 5.11. The second-order valence-corrected chi connectivity index (χ2v) is 7.24. The molecule has 0 aliphatic carbocycles. The quantitative estimate of drug-likeness (QED) is 0.636. The zero-order chi connectivity index (χ0) is 19.9. The number of rotatable bonds is 4. The molecule has 0 radical (unpaired) electrons. The average Bonchev–Trinajstić information content (AvgIpc) is 3.26. The highest BCUT2D eigenvalue weighted by molar-refractivity contribution is 5.94. The molecular weight excluding hydrogens is 366 g/mol. The second-order valence-electron chi connectivity index (χ2n) is 7.24. The van der Waals surface area contributed by atoms with Gasteiger partial charge in [0, 0.05) is 31.4 Å². The van der Waals surface area contributed by atoms with E-state index in [9.17, 15) is 13.6 Å². The number of H-pyrrole nitrogens is 1. The van der Waals surface area contributed by atoms with Crippen molar-refractivity contribution < 1.29 is 13.6 Å². The average molecular weight is 386 g/mol. The number of nitrogens with two attached hydrogens (primary N) is 1. The van der Waals surface area contributed by atoms with E-state index in [1.54, 1.807) is 0 Å². The van der Waals surface area contributed by atoms with Gasteiger partial charge in [0.25, 0.3) is 5.91 Å². The third kappa shape index (κ3) is 3.29. The van der Waals surface area contributed by atoms with Crippen LogP contribution < -0.4 is 16.0 Å². The van der Waals surface area contributed by atoms with Gasteiger partial charge in [-0.3, -0.25) is 4.79 Å². The predicted molar refractivity (Wildman–Crippen MR) is 101 cm³/mol. The molecule has 1 fully saturated rings. The van der Waals surface area contributed by atoms with Crippen molar-refractivity contribution in [1.29, 1.82) is 0 Å². The van der Waals surface area contributed by atoms with Crippen molar-refractivity contribution in [2.24, 2.45) is 5.73 Å². The minimum atomic E-state index is -1.06. The number of hydrogen-bond acceptors (Lipinski definition) is 5. The summed E-state index contributed by atoms with van der Waals surface area (Å²) in [7, 11) is 0. The number of aryl methyl sites for hydroxylation is 1. The predicted octanol–water partition coefficient (Wildman–Crippen LogP) is 1.88. The number of carbonyl (C=O) groups is 1. The van der Waals surface area contributed by atoms with Crippen molar-refractivity contribution >= 4 is 22.8 Å². The number of nitrogens with zero attached hydrogens (tertiary/aromatic N) is 3. The first kappa shape index (κ1) is 18.3. The van der Waals surface area contributed by atoms with Gasteiger partial charge in [-0.2, -0.15) is 0 Å². The monoisotopic (exact) mass is 386 g/mol. The molecule has 0 unspecified atom stereocenters. The number of amides is 1. The topological polar surface area (TPSA) is 99.9 Å². The Labute approximate surface area is 160 Å². The molecule has 1 aliphatic heterocycles. The van der Waals surface area contributed by atoms with E-state index in [1.807, 2.05) is 13.1 Å². The van der Waals surface area contributed by atoms with E-state index in [1.165, 1.54) is 12.4 Å². The SMILES string of the molecule is Cc1c[nH]c2ncnc(N3CC[C@](N)(CNC(=O)c4ccc(F)c(F)c4)C3)c12. The molecule has 4 N–H and O–H groups in total. The van der Waals surface area contributed by atoms with Gasteiger partial charge in [0.15, 0.2) is 11.6 Å². The van der Waals surface area contributed by atoms with Gasteiger partial charge in [-0.25, -0.2) is 18.7 Å². The highest BCUT2D eigenvalue weighted by Gasteiger charge is 2.36. The van der Waals surface area contributed by atoms with Crippen molar-refractivity contribution in [3.05, 3.63) is 53.5 Å². The van der Waals surface area contributed by atoms with Gasteiger partial charge >= 0.3 is 0 Å². The van der Waals surface area contributed by atoms with Gasteiger partial charge in [0.1, 0.15) is 17.8 Å². The summed E-state index contributed by atoms with van der Waals surface area (Å²) in [5.74, 6) is -1.73. The number of benzene rings is 1. The lowest BCUT2D eigenvalue weighted by Gasteiger charge is -2.25. The fraction of sp³-hybridized carbons (Fsp3) is 0.316. The molecule has 4 rings (SSSR count). The van der Waals surface area contributed by atoms with E-state index in [2.05, 4.69) is 25.2 Å². The summed E-state index contributed by atoms with van der Waals surface area (Å²) >= 11 is 0. The van der Waals surface area contributed by atoms with Gasteiger partial charge in [-0.1, -0.05) is 0 Å². The standard InChI is InChI=1S/C19H20F2N6O/c1-11-7-23-16-15(11)17(26-10-25-16)27-5-4-19(22,9-27)8-24-18(28)12-2-3-13(20)14(21)6-12/h2-3,6-7,10H,4-5,8-9,22H2,1H3,(H,24,28)(H,23,25,26)/t19-/m0/s1. The molecule has 1 aliphatic rings. The molecule has 0 spiro atoms. The Morgan fingerprint density at radius 1 is 1.36 bits per heavy atom. The zero-order valence-electron chi connectivity index (χ0n) is 15.3. The van der Waals surface area contributed by atoms with Crippen LogP contribution in [-0.2, 0) is 0 Å². The van der Waals surface area contributed by atoms with Crippen LogP contribution >= 0.6 is 0 Å². The van der Waals surface area contributed by atoms with Crippen molar-refractivity contribution in [1.82, 2.24) is 20.3 Å². The summed E-state index contributed by atoms with van der Waals surface area (Å²) in [6, 6.07) is 3.05. The fourth-order valence-electron chi connectivity index (χ4n) is 3.55. The maximum atomic E-state index is 13.3. The molecule has 9 heteroatoms. The summed E-state index contributed by atoms with van der Waals surface area (Å²) in [5, 5.41) is 3.68. The minimum Gasteiger partial charge on any atom is -0.354 e. The summed E-state index contributed by atoms with van der Waals surface area (Å²) in [6.45, 7) is 3.39.